The highest BCUT2D eigenvalue weighted by molar-refractivity contribution is 7.92. The molecule has 0 spiro atoms. The van der Waals surface area contributed by atoms with Gasteiger partial charge in [-0.3, -0.25) is 30.0 Å². The maximum atomic E-state index is 12.8. The zero-order chi connectivity index (χ0) is 26.4. The van der Waals surface area contributed by atoms with Crippen molar-refractivity contribution in [1.82, 2.24) is 5.43 Å². The molecule has 0 bridgehead atoms. The van der Waals surface area contributed by atoms with Gasteiger partial charge in [-0.15, -0.1) is 0 Å². The lowest BCUT2D eigenvalue weighted by Crippen LogP contribution is -2.30. The largest absolute Gasteiger partial charge is 0.481 e. The second-order valence-electron chi connectivity index (χ2n) is 8.37. The van der Waals surface area contributed by atoms with Crippen LogP contribution in [0.2, 0.25) is 0 Å². The van der Waals surface area contributed by atoms with E-state index in [2.05, 4.69) is 27.8 Å². The van der Waals surface area contributed by atoms with E-state index >= 15 is 0 Å². The Morgan fingerprint density at radius 1 is 0.806 bits per heavy atom. The Hall–Kier alpha value is -3.60. The van der Waals surface area contributed by atoms with Crippen molar-refractivity contribution in [3.63, 3.8) is 0 Å². The molecular formula is C25H34N4O6S. The molecule has 0 heterocycles. The molecule has 0 aliphatic heterocycles. The average Bonchev–Trinajstić information content (AvgIpc) is 2.82. The molecule has 2 rings (SSSR count). The van der Waals surface area contributed by atoms with Crippen LogP contribution in [0.25, 0.3) is 0 Å². The molecule has 2 amide bonds. The minimum absolute atomic E-state index is 0.000593. The van der Waals surface area contributed by atoms with E-state index in [4.69, 9.17) is 5.11 Å². The number of carboxylic acids is 1. The molecule has 11 heteroatoms. The standard InChI is InChI=1S/C25H34N4O6S/c1-2-3-4-5-6-7-8-12-23(30)26-21-10-9-11-22(17-21)36(34,35)29-20-15-13-19(14-16-20)27-28-24(31)18-25(32)33/h9-11,13-17,27,29H,2-8,12,18H2,1H3,(H,26,30)(H,28,31)(H,32,33). The first kappa shape index (κ1) is 28.6. The number of rotatable bonds is 16. The Kier molecular flexibility index (Phi) is 11.7. The SMILES string of the molecule is CCCCCCCCCC(=O)Nc1cccc(S(=O)(=O)Nc2ccc(NNC(=O)CC(=O)O)cc2)c1. The Morgan fingerprint density at radius 2 is 1.44 bits per heavy atom. The van der Waals surface area contributed by atoms with Crippen LogP contribution >= 0.6 is 0 Å². The first-order chi connectivity index (χ1) is 17.2. The monoisotopic (exact) mass is 518 g/mol. The van der Waals surface area contributed by atoms with E-state index in [0.717, 1.165) is 19.3 Å². The predicted octanol–water partition coefficient (Wildman–Crippen LogP) is 4.48. The summed E-state index contributed by atoms with van der Waals surface area (Å²) in [5.41, 5.74) is 5.90. The van der Waals surface area contributed by atoms with Crippen LogP contribution in [-0.2, 0) is 24.4 Å². The van der Waals surface area contributed by atoms with E-state index in [1.165, 1.54) is 62.1 Å². The van der Waals surface area contributed by atoms with E-state index < -0.39 is 28.3 Å². The summed E-state index contributed by atoms with van der Waals surface area (Å²) in [4.78, 5) is 34.1. The first-order valence-electron chi connectivity index (χ1n) is 12.0. The molecule has 0 aliphatic rings. The van der Waals surface area contributed by atoms with Gasteiger partial charge < -0.3 is 10.4 Å². The summed E-state index contributed by atoms with van der Waals surface area (Å²) < 4.78 is 28.1. The van der Waals surface area contributed by atoms with Crippen LogP contribution in [-0.4, -0.2) is 31.3 Å². The molecule has 2 aromatic carbocycles. The minimum Gasteiger partial charge on any atom is -0.481 e. The Balaban J connectivity index is 1.86. The summed E-state index contributed by atoms with van der Waals surface area (Å²) in [7, 11) is -3.91. The number of hydrogen-bond donors (Lipinski definition) is 5. The van der Waals surface area contributed by atoms with E-state index in [9.17, 15) is 22.8 Å². The number of sulfonamides is 1. The third-order valence-electron chi connectivity index (χ3n) is 5.23. The van der Waals surface area contributed by atoms with E-state index in [-0.39, 0.29) is 16.5 Å². The fraction of sp³-hybridized carbons (Fsp3) is 0.400. The van der Waals surface area contributed by atoms with Gasteiger partial charge in [0.15, 0.2) is 0 Å². The van der Waals surface area contributed by atoms with Gasteiger partial charge in [0.2, 0.25) is 11.8 Å². The maximum Gasteiger partial charge on any atom is 0.312 e. The number of anilines is 3. The van der Waals surface area contributed by atoms with Crippen molar-refractivity contribution in [2.24, 2.45) is 0 Å². The fourth-order valence-electron chi connectivity index (χ4n) is 3.37. The molecule has 5 N–H and O–H groups in total. The summed E-state index contributed by atoms with van der Waals surface area (Å²) in [6, 6.07) is 12.0. The number of unbranched alkanes of at least 4 members (excludes halogenated alkanes) is 6. The van der Waals surface area contributed by atoms with Crippen LogP contribution < -0.4 is 20.9 Å². The van der Waals surface area contributed by atoms with Gasteiger partial charge >= 0.3 is 5.97 Å². The van der Waals surface area contributed by atoms with Gasteiger partial charge in [-0.1, -0.05) is 51.5 Å². The Labute approximate surface area is 211 Å². The highest BCUT2D eigenvalue weighted by atomic mass is 32.2. The number of hydrogen-bond acceptors (Lipinski definition) is 6. The van der Waals surface area contributed by atoms with Gasteiger partial charge in [-0.25, -0.2) is 8.42 Å². The second kappa shape index (κ2) is 14.7. The number of benzene rings is 2. The number of hydrazine groups is 1. The molecule has 0 fully saturated rings. The number of nitrogens with one attached hydrogen (secondary N) is 4. The van der Waals surface area contributed by atoms with Gasteiger partial charge in [-0.05, 0) is 48.9 Å². The van der Waals surface area contributed by atoms with Crippen LogP contribution in [0.15, 0.2) is 53.4 Å². The van der Waals surface area contributed by atoms with Gasteiger partial charge in [0.1, 0.15) is 6.42 Å². The fourth-order valence-corrected chi connectivity index (χ4v) is 4.47. The highest BCUT2D eigenvalue weighted by Gasteiger charge is 2.15. The maximum absolute atomic E-state index is 12.8. The van der Waals surface area contributed by atoms with Crippen molar-refractivity contribution in [2.75, 3.05) is 15.5 Å². The zero-order valence-electron chi connectivity index (χ0n) is 20.4. The van der Waals surface area contributed by atoms with Crippen LogP contribution in [0.1, 0.15) is 64.7 Å². The smallest absolute Gasteiger partial charge is 0.312 e. The highest BCUT2D eigenvalue weighted by Crippen LogP contribution is 2.21. The average molecular weight is 519 g/mol. The molecule has 0 saturated carbocycles. The third-order valence-corrected chi connectivity index (χ3v) is 6.61. The molecule has 0 saturated heterocycles. The van der Waals surface area contributed by atoms with E-state index in [0.29, 0.717) is 17.8 Å². The number of carboxylic acid groups (broad SMARTS) is 1. The summed E-state index contributed by atoms with van der Waals surface area (Å²) in [6.07, 6.45) is 7.48. The number of carbonyl (C=O) groups is 3. The van der Waals surface area contributed by atoms with Crippen LogP contribution in [0, 0.1) is 0 Å². The molecule has 0 unspecified atom stereocenters. The van der Waals surface area contributed by atoms with Crippen molar-refractivity contribution >= 4 is 44.9 Å². The van der Waals surface area contributed by atoms with Crippen LogP contribution in [0.4, 0.5) is 17.1 Å². The lowest BCUT2D eigenvalue weighted by atomic mass is 10.1. The van der Waals surface area contributed by atoms with Crippen molar-refractivity contribution in [1.29, 1.82) is 0 Å². The Bertz CT molecular complexity index is 1120. The molecule has 196 valence electrons. The lowest BCUT2D eigenvalue weighted by molar-refractivity contribution is -0.140. The zero-order valence-corrected chi connectivity index (χ0v) is 21.2. The molecular weight excluding hydrogens is 484 g/mol. The molecule has 0 aliphatic carbocycles. The first-order valence-corrected chi connectivity index (χ1v) is 13.5. The minimum atomic E-state index is -3.91. The van der Waals surface area contributed by atoms with Gasteiger partial charge in [0, 0.05) is 17.8 Å². The molecule has 0 aromatic heterocycles. The molecule has 0 atom stereocenters. The van der Waals surface area contributed by atoms with Crippen molar-refractivity contribution < 1.29 is 27.9 Å². The number of amides is 2. The van der Waals surface area contributed by atoms with E-state index in [1.807, 2.05) is 0 Å². The predicted molar refractivity (Wildman–Crippen MR) is 139 cm³/mol. The quantitative estimate of drug-likeness (QED) is 0.125. The van der Waals surface area contributed by atoms with Gasteiger partial charge in [0.05, 0.1) is 10.6 Å². The summed E-state index contributed by atoms with van der Waals surface area (Å²) >= 11 is 0. The third kappa shape index (κ3) is 10.8. The summed E-state index contributed by atoms with van der Waals surface area (Å²) in [5, 5.41) is 11.3. The van der Waals surface area contributed by atoms with Crippen molar-refractivity contribution in [2.45, 2.75) is 69.6 Å². The summed E-state index contributed by atoms with van der Waals surface area (Å²) in [5.74, 6) is -2.12. The van der Waals surface area contributed by atoms with Crippen LogP contribution in [0.3, 0.4) is 0 Å². The van der Waals surface area contributed by atoms with Gasteiger partial charge in [-0.2, -0.15) is 0 Å². The topological polar surface area (TPSA) is 154 Å². The van der Waals surface area contributed by atoms with Crippen molar-refractivity contribution in [3.8, 4) is 0 Å². The molecule has 2 aromatic rings. The number of carbonyl (C=O) groups excluding carboxylic acids is 2. The summed E-state index contributed by atoms with van der Waals surface area (Å²) in [6.45, 7) is 2.18. The normalized spacial score (nSPS) is 10.9. The number of aliphatic carboxylic acids is 1. The lowest BCUT2D eigenvalue weighted by Gasteiger charge is -2.12. The Morgan fingerprint density at radius 3 is 2.11 bits per heavy atom. The van der Waals surface area contributed by atoms with Crippen molar-refractivity contribution in [3.05, 3.63) is 48.5 Å². The molecule has 0 radical (unpaired) electrons. The molecule has 10 nitrogen and oxygen atoms in total. The second-order valence-corrected chi connectivity index (χ2v) is 10.1. The van der Waals surface area contributed by atoms with Gasteiger partial charge in [0.25, 0.3) is 10.0 Å². The molecule has 36 heavy (non-hydrogen) atoms. The van der Waals surface area contributed by atoms with Crippen LogP contribution in [0.5, 0.6) is 0 Å². The van der Waals surface area contributed by atoms with E-state index in [1.54, 1.807) is 12.1 Å².